The van der Waals surface area contributed by atoms with E-state index in [4.69, 9.17) is 0 Å². The summed E-state index contributed by atoms with van der Waals surface area (Å²) in [5.41, 5.74) is -0.0321. The van der Waals surface area contributed by atoms with Gasteiger partial charge in [0.25, 0.3) is 11.5 Å². The van der Waals surface area contributed by atoms with E-state index < -0.39 is 34.1 Å². The number of halogens is 3. The van der Waals surface area contributed by atoms with Gasteiger partial charge in [-0.2, -0.15) is 23.4 Å². The van der Waals surface area contributed by atoms with Crippen molar-refractivity contribution in [1.29, 1.82) is 0 Å². The summed E-state index contributed by atoms with van der Waals surface area (Å²) in [6, 6.07) is 13.1. The highest BCUT2D eigenvalue weighted by Gasteiger charge is 2.32. The van der Waals surface area contributed by atoms with Crippen LogP contribution >= 0.6 is 11.8 Å². The molecule has 0 spiro atoms. The fourth-order valence-electron chi connectivity index (χ4n) is 2.52. The van der Waals surface area contributed by atoms with Crippen molar-refractivity contribution in [1.82, 2.24) is 20.6 Å². The molecule has 12 heteroatoms. The highest BCUT2D eigenvalue weighted by Crippen LogP contribution is 2.33. The number of H-pyrrole nitrogens is 2. The zero-order valence-electron chi connectivity index (χ0n) is 15.5. The topological polar surface area (TPSA) is 120 Å². The number of carbonyl (C=O) groups is 1. The Kier molecular flexibility index (Phi) is 6.70. The summed E-state index contributed by atoms with van der Waals surface area (Å²) in [5.74, 6) is -0.704. The fourth-order valence-corrected chi connectivity index (χ4v) is 3.45. The summed E-state index contributed by atoms with van der Waals surface area (Å²) in [5, 5.41) is 8.15. The van der Waals surface area contributed by atoms with E-state index in [0.29, 0.717) is 5.56 Å². The summed E-state index contributed by atoms with van der Waals surface area (Å²) in [6.07, 6.45) is -3.69. The number of aromatic nitrogens is 3. The minimum absolute atomic E-state index is 0.171. The first-order valence-electron chi connectivity index (χ1n) is 8.65. The van der Waals surface area contributed by atoms with Gasteiger partial charge in [-0.05, 0) is 11.6 Å². The van der Waals surface area contributed by atoms with Crippen LogP contribution in [-0.4, -0.2) is 27.3 Å². The molecule has 0 saturated heterocycles. The van der Waals surface area contributed by atoms with Crippen molar-refractivity contribution in [3.8, 4) is 0 Å². The molecular formula is C19H14F3N5O3S. The van der Waals surface area contributed by atoms with Gasteiger partial charge in [-0.25, -0.2) is 15.3 Å². The molecule has 31 heavy (non-hydrogen) atoms. The Labute approximate surface area is 176 Å². The molecular weight excluding hydrogens is 435 g/mol. The summed E-state index contributed by atoms with van der Waals surface area (Å²) in [7, 11) is 0. The number of benzene rings is 2. The summed E-state index contributed by atoms with van der Waals surface area (Å²) < 4.78 is 39.2. The van der Waals surface area contributed by atoms with Gasteiger partial charge >= 0.3 is 11.9 Å². The van der Waals surface area contributed by atoms with Crippen LogP contribution in [0.4, 0.5) is 13.2 Å². The van der Waals surface area contributed by atoms with Crippen LogP contribution in [0.1, 0.15) is 21.9 Å². The standard InChI is InChI=1S/C19H14F3N5O3S/c20-19(21,22)13-9-5-4-8-12(13)10-23-25-15(28)14(11-6-2-1-3-7-11)31-17-16(29)24-18(30)27-26-17/h1-10,14H,(H,25,28)(H2,24,27,29,30)/b23-10-. The van der Waals surface area contributed by atoms with E-state index in [1.807, 2.05) is 4.98 Å². The molecule has 0 bridgehead atoms. The third-order valence-corrected chi connectivity index (χ3v) is 5.12. The molecule has 8 nitrogen and oxygen atoms in total. The predicted molar refractivity (Wildman–Crippen MR) is 108 cm³/mol. The summed E-state index contributed by atoms with van der Waals surface area (Å²) in [4.78, 5) is 37.8. The van der Waals surface area contributed by atoms with E-state index in [1.165, 1.54) is 18.2 Å². The number of hydrogen-bond donors (Lipinski definition) is 3. The molecule has 0 fully saturated rings. The maximum Gasteiger partial charge on any atom is 0.417 e. The molecule has 0 radical (unpaired) electrons. The van der Waals surface area contributed by atoms with Crippen molar-refractivity contribution in [3.63, 3.8) is 0 Å². The van der Waals surface area contributed by atoms with Crippen LogP contribution in [0.25, 0.3) is 0 Å². The maximum absolute atomic E-state index is 13.1. The Hall–Kier alpha value is -3.67. The van der Waals surface area contributed by atoms with Gasteiger partial charge in [0, 0.05) is 5.56 Å². The van der Waals surface area contributed by atoms with Gasteiger partial charge in [0.2, 0.25) is 0 Å². The van der Waals surface area contributed by atoms with Crippen LogP contribution in [0.5, 0.6) is 0 Å². The number of hydrazone groups is 1. The van der Waals surface area contributed by atoms with E-state index in [-0.39, 0.29) is 10.6 Å². The van der Waals surface area contributed by atoms with Crippen molar-refractivity contribution in [3.05, 3.63) is 92.1 Å². The average Bonchev–Trinajstić information content (AvgIpc) is 2.73. The second kappa shape index (κ2) is 9.43. The number of nitrogens with zero attached hydrogens (tertiary/aromatic N) is 2. The van der Waals surface area contributed by atoms with Gasteiger partial charge in [-0.3, -0.25) is 14.6 Å². The number of aromatic amines is 2. The zero-order valence-corrected chi connectivity index (χ0v) is 16.3. The molecule has 1 aromatic heterocycles. The van der Waals surface area contributed by atoms with Gasteiger partial charge in [0.05, 0.1) is 11.8 Å². The van der Waals surface area contributed by atoms with Gasteiger partial charge in [0.1, 0.15) is 5.25 Å². The number of amides is 1. The van der Waals surface area contributed by atoms with Gasteiger partial charge in [-0.15, -0.1) is 0 Å². The third-order valence-electron chi connectivity index (χ3n) is 3.89. The van der Waals surface area contributed by atoms with E-state index in [9.17, 15) is 27.6 Å². The molecule has 3 N–H and O–H groups in total. The van der Waals surface area contributed by atoms with Crippen LogP contribution in [0.15, 0.2) is 74.3 Å². The van der Waals surface area contributed by atoms with Crippen molar-refractivity contribution in [2.75, 3.05) is 0 Å². The maximum atomic E-state index is 13.1. The first kappa shape index (κ1) is 22.0. The molecule has 1 atom stereocenters. The second-order valence-electron chi connectivity index (χ2n) is 6.04. The van der Waals surface area contributed by atoms with Gasteiger partial charge < -0.3 is 0 Å². The Morgan fingerprint density at radius 3 is 2.45 bits per heavy atom. The summed E-state index contributed by atoms with van der Waals surface area (Å²) in [6.45, 7) is 0. The molecule has 1 amide bonds. The molecule has 1 heterocycles. The molecule has 0 aliphatic rings. The van der Waals surface area contributed by atoms with Gasteiger partial charge in [-0.1, -0.05) is 60.3 Å². The first-order chi connectivity index (χ1) is 14.8. The highest BCUT2D eigenvalue weighted by molar-refractivity contribution is 8.00. The third kappa shape index (κ3) is 5.69. The first-order valence-corrected chi connectivity index (χ1v) is 9.53. The number of alkyl halides is 3. The zero-order chi connectivity index (χ0) is 22.4. The van der Waals surface area contributed by atoms with Crippen LogP contribution in [0.3, 0.4) is 0 Å². The number of carbonyl (C=O) groups excluding carboxylic acids is 1. The van der Waals surface area contributed by atoms with E-state index in [1.54, 1.807) is 30.3 Å². The molecule has 3 aromatic rings. The lowest BCUT2D eigenvalue weighted by molar-refractivity contribution is -0.137. The SMILES string of the molecule is O=C(N/N=C\c1ccccc1C(F)(F)F)C(Sc1n[nH]c(=O)[nH]c1=O)c1ccccc1. The average molecular weight is 449 g/mol. The van der Waals surface area contributed by atoms with E-state index in [0.717, 1.165) is 24.0 Å². The van der Waals surface area contributed by atoms with Crippen LogP contribution in [0.2, 0.25) is 0 Å². The van der Waals surface area contributed by atoms with Crippen molar-refractivity contribution in [2.45, 2.75) is 16.5 Å². The fraction of sp³-hybridized carbons (Fsp3) is 0.105. The lowest BCUT2D eigenvalue weighted by atomic mass is 10.1. The molecule has 1 unspecified atom stereocenters. The van der Waals surface area contributed by atoms with Crippen LogP contribution in [0, 0.1) is 0 Å². The minimum Gasteiger partial charge on any atom is -0.271 e. The second-order valence-corrected chi connectivity index (χ2v) is 7.13. The normalized spacial score (nSPS) is 12.6. The lowest BCUT2D eigenvalue weighted by Gasteiger charge is -2.14. The monoisotopic (exact) mass is 449 g/mol. The van der Waals surface area contributed by atoms with Crippen LogP contribution in [-0.2, 0) is 11.0 Å². The Morgan fingerprint density at radius 1 is 1.10 bits per heavy atom. The van der Waals surface area contributed by atoms with Crippen LogP contribution < -0.4 is 16.7 Å². The predicted octanol–water partition coefficient (Wildman–Crippen LogP) is 2.46. The van der Waals surface area contributed by atoms with E-state index in [2.05, 4.69) is 20.7 Å². The Bertz CT molecular complexity index is 1210. The minimum atomic E-state index is -4.58. The number of thioether (sulfide) groups is 1. The van der Waals surface area contributed by atoms with Crippen molar-refractivity contribution < 1.29 is 18.0 Å². The quantitative estimate of drug-likeness (QED) is 0.303. The largest absolute Gasteiger partial charge is 0.417 e. The van der Waals surface area contributed by atoms with Gasteiger partial charge in [0.15, 0.2) is 5.03 Å². The van der Waals surface area contributed by atoms with E-state index >= 15 is 0 Å². The molecule has 3 rings (SSSR count). The van der Waals surface area contributed by atoms with Crippen molar-refractivity contribution in [2.24, 2.45) is 5.10 Å². The molecule has 0 saturated carbocycles. The molecule has 160 valence electrons. The molecule has 0 aliphatic heterocycles. The Morgan fingerprint density at radius 2 is 1.77 bits per heavy atom. The highest BCUT2D eigenvalue weighted by atomic mass is 32.2. The molecule has 2 aromatic carbocycles. The van der Waals surface area contributed by atoms with Crippen molar-refractivity contribution >= 4 is 23.9 Å². The lowest BCUT2D eigenvalue weighted by Crippen LogP contribution is -2.28. The molecule has 0 aliphatic carbocycles. The number of hydrogen-bond acceptors (Lipinski definition) is 6. The number of rotatable bonds is 6. The number of nitrogens with one attached hydrogen (secondary N) is 3. The Balaban J connectivity index is 1.84. The summed E-state index contributed by atoms with van der Waals surface area (Å²) >= 11 is 0.748. The smallest absolute Gasteiger partial charge is 0.271 e.